The predicted octanol–water partition coefficient (Wildman–Crippen LogP) is 4.63. The third kappa shape index (κ3) is 4.25. The van der Waals surface area contributed by atoms with Gasteiger partial charge in [-0.15, -0.1) is 0 Å². The summed E-state index contributed by atoms with van der Waals surface area (Å²) in [6.45, 7) is 2.85. The second kappa shape index (κ2) is 8.46. The molecule has 0 aromatic heterocycles. The summed E-state index contributed by atoms with van der Waals surface area (Å²) in [5, 5.41) is 11.5. The third-order valence-corrected chi connectivity index (χ3v) is 6.13. The van der Waals surface area contributed by atoms with Crippen molar-refractivity contribution in [3.05, 3.63) is 65.7 Å². The van der Waals surface area contributed by atoms with Gasteiger partial charge in [-0.05, 0) is 49.4 Å². The van der Waals surface area contributed by atoms with Gasteiger partial charge in [0, 0.05) is 24.9 Å². The number of hydrogen-bond acceptors (Lipinski definition) is 4. The molecule has 5 nitrogen and oxygen atoms in total. The van der Waals surface area contributed by atoms with Crippen LogP contribution in [0.1, 0.15) is 50.2 Å². The summed E-state index contributed by atoms with van der Waals surface area (Å²) >= 11 is 0. The molecule has 2 fully saturated rings. The lowest BCUT2D eigenvalue weighted by Crippen LogP contribution is -2.58. The van der Waals surface area contributed by atoms with Crippen molar-refractivity contribution in [1.82, 2.24) is 4.90 Å². The van der Waals surface area contributed by atoms with Crippen LogP contribution >= 0.6 is 0 Å². The SMILES string of the molecule is CCOc1ccc(C2(O)CC3CCCC(C2)N3C(=O)OCc2ccccc2)cc1. The first-order valence-corrected chi connectivity index (χ1v) is 10.5. The number of amides is 1. The molecule has 0 radical (unpaired) electrons. The Morgan fingerprint density at radius 3 is 2.34 bits per heavy atom. The van der Waals surface area contributed by atoms with E-state index in [0.717, 1.165) is 36.1 Å². The number of hydrogen-bond donors (Lipinski definition) is 1. The third-order valence-electron chi connectivity index (χ3n) is 6.13. The number of carbonyl (C=O) groups excluding carboxylic acids is 1. The topological polar surface area (TPSA) is 59.0 Å². The Labute approximate surface area is 172 Å². The highest BCUT2D eigenvalue weighted by Crippen LogP contribution is 2.44. The number of fused-ring (bicyclic) bond motifs is 2. The fourth-order valence-corrected chi connectivity index (χ4v) is 4.78. The van der Waals surface area contributed by atoms with Gasteiger partial charge < -0.3 is 19.5 Å². The van der Waals surface area contributed by atoms with Crippen LogP contribution in [0.4, 0.5) is 4.79 Å². The zero-order valence-electron chi connectivity index (χ0n) is 16.9. The zero-order chi connectivity index (χ0) is 20.3. The first kappa shape index (κ1) is 19.8. The maximum atomic E-state index is 12.9. The summed E-state index contributed by atoms with van der Waals surface area (Å²) in [7, 11) is 0. The second-order valence-corrected chi connectivity index (χ2v) is 8.08. The Morgan fingerprint density at radius 1 is 1.07 bits per heavy atom. The molecule has 1 N–H and O–H groups in total. The van der Waals surface area contributed by atoms with E-state index in [4.69, 9.17) is 9.47 Å². The van der Waals surface area contributed by atoms with Gasteiger partial charge in [0.15, 0.2) is 0 Å². The number of nitrogens with zero attached hydrogens (tertiary/aromatic N) is 1. The molecule has 2 heterocycles. The number of carbonyl (C=O) groups is 1. The number of piperidine rings is 2. The molecule has 2 aliphatic heterocycles. The Hall–Kier alpha value is -2.53. The van der Waals surface area contributed by atoms with Gasteiger partial charge in [-0.3, -0.25) is 0 Å². The lowest BCUT2D eigenvalue weighted by molar-refractivity contribution is -0.0896. The summed E-state index contributed by atoms with van der Waals surface area (Å²) in [4.78, 5) is 14.7. The molecule has 2 atom stereocenters. The van der Waals surface area contributed by atoms with Crippen molar-refractivity contribution in [3.63, 3.8) is 0 Å². The van der Waals surface area contributed by atoms with Crippen LogP contribution < -0.4 is 4.74 Å². The molecule has 29 heavy (non-hydrogen) atoms. The molecule has 2 aromatic rings. The van der Waals surface area contributed by atoms with Gasteiger partial charge in [0.05, 0.1) is 12.2 Å². The predicted molar refractivity (Wildman–Crippen MR) is 111 cm³/mol. The molecule has 2 bridgehead atoms. The van der Waals surface area contributed by atoms with Crippen LogP contribution in [0.5, 0.6) is 5.75 Å². The molecule has 5 heteroatoms. The maximum Gasteiger partial charge on any atom is 0.410 e. The van der Waals surface area contributed by atoms with Gasteiger partial charge in [0.1, 0.15) is 12.4 Å². The molecule has 2 saturated heterocycles. The number of benzene rings is 2. The maximum absolute atomic E-state index is 12.9. The summed E-state index contributed by atoms with van der Waals surface area (Å²) in [5.41, 5.74) is 0.959. The summed E-state index contributed by atoms with van der Waals surface area (Å²) in [5.74, 6) is 0.807. The highest BCUT2D eigenvalue weighted by molar-refractivity contribution is 5.69. The molecule has 0 aliphatic carbocycles. The molecular formula is C24H29NO4. The van der Waals surface area contributed by atoms with Crippen LogP contribution in [-0.4, -0.2) is 34.8 Å². The highest BCUT2D eigenvalue weighted by Gasteiger charge is 2.48. The second-order valence-electron chi connectivity index (χ2n) is 8.08. The largest absolute Gasteiger partial charge is 0.494 e. The van der Waals surface area contributed by atoms with Gasteiger partial charge >= 0.3 is 6.09 Å². The van der Waals surface area contributed by atoms with E-state index in [1.54, 1.807) is 0 Å². The molecule has 2 aliphatic rings. The summed E-state index contributed by atoms with van der Waals surface area (Å²) in [6.07, 6.45) is 3.69. The minimum Gasteiger partial charge on any atom is -0.494 e. The standard InChI is InChI=1S/C24H29NO4/c1-2-28-22-13-11-19(12-14-22)24(27)15-20-9-6-10-21(16-24)25(20)23(26)29-17-18-7-4-3-5-8-18/h3-5,7-8,11-14,20-21,27H,2,6,9-10,15-17H2,1H3. The average molecular weight is 395 g/mol. The van der Waals surface area contributed by atoms with Gasteiger partial charge in [-0.25, -0.2) is 4.79 Å². The van der Waals surface area contributed by atoms with E-state index in [1.165, 1.54) is 0 Å². The highest BCUT2D eigenvalue weighted by atomic mass is 16.6. The van der Waals surface area contributed by atoms with Crippen molar-refractivity contribution in [1.29, 1.82) is 0 Å². The Balaban J connectivity index is 1.46. The number of ether oxygens (including phenoxy) is 2. The van der Waals surface area contributed by atoms with E-state index in [1.807, 2.05) is 66.4 Å². The van der Waals surface area contributed by atoms with E-state index in [-0.39, 0.29) is 24.8 Å². The van der Waals surface area contributed by atoms with E-state index in [9.17, 15) is 9.90 Å². The van der Waals surface area contributed by atoms with E-state index >= 15 is 0 Å². The summed E-state index contributed by atoms with van der Waals surface area (Å²) in [6, 6.07) is 17.5. The molecular weight excluding hydrogens is 366 g/mol. The Bertz CT molecular complexity index is 807. The van der Waals surface area contributed by atoms with Gasteiger partial charge in [-0.1, -0.05) is 42.5 Å². The molecule has 0 saturated carbocycles. The van der Waals surface area contributed by atoms with Crippen molar-refractivity contribution in [2.24, 2.45) is 0 Å². The lowest BCUT2D eigenvalue weighted by Gasteiger charge is -2.51. The van der Waals surface area contributed by atoms with Crippen molar-refractivity contribution in [2.45, 2.75) is 63.3 Å². The fourth-order valence-electron chi connectivity index (χ4n) is 4.78. The van der Waals surface area contributed by atoms with Gasteiger partial charge in [0.25, 0.3) is 0 Å². The Kier molecular flexibility index (Phi) is 5.76. The molecule has 2 aromatic carbocycles. The zero-order valence-corrected chi connectivity index (χ0v) is 16.9. The number of rotatable bonds is 5. The lowest BCUT2D eigenvalue weighted by atomic mass is 9.72. The molecule has 154 valence electrons. The molecule has 0 spiro atoms. The monoisotopic (exact) mass is 395 g/mol. The van der Waals surface area contributed by atoms with Crippen LogP contribution in [0.3, 0.4) is 0 Å². The van der Waals surface area contributed by atoms with Crippen LogP contribution in [0, 0.1) is 0 Å². The van der Waals surface area contributed by atoms with Crippen LogP contribution in [-0.2, 0) is 16.9 Å². The minimum atomic E-state index is -0.920. The van der Waals surface area contributed by atoms with Crippen molar-refractivity contribution in [2.75, 3.05) is 6.61 Å². The van der Waals surface area contributed by atoms with Gasteiger partial charge in [0.2, 0.25) is 0 Å². The van der Waals surface area contributed by atoms with Crippen LogP contribution in [0.2, 0.25) is 0 Å². The summed E-state index contributed by atoms with van der Waals surface area (Å²) < 4.78 is 11.1. The molecule has 1 amide bonds. The quantitative estimate of drug-likeness (QED) is 0.802. The van der Waals surface area contributed by atoms with E-state index in [0.29, 0.717) is 19.4 Å². The van der Waals surface area contributed by atoms with Gasteiger partial charge in [-0.2, -0.15) is 0 Å². The normalized spacial score (nSPS) is 26.1. The van der Waals surface area contributed by atoms with E-state index in [2.05, 4.69) is 0 Å². The fraction of sp³-hybridized carbons (Fsp3) is 0.458. The van der Waals surface area contributed by atoms with Crippen LogP contribution in [0.25, 0.3) is 0 Å². The van der Waals surface area contributed by atoms with Crippen molar-refractivity contribution < 1.29 is 19.4 Å². The molecule has 4 rings (SSSR count). The van der Waals surface area contributed by atoms with Crippen molar-refractivity contribution in [3.8, 4) is 5.75 Å². The van der Waals surface area contributed by atoms with E-state index < -0.39 is 5.60 Å². The first-order valence-electron chi connectivity index (χ1n) is 10.5. The van der Waals surface area contributed by atoms with Crippen LogP contribution in [0.15, 0.2) is 54.6 Å². The molecule has 2 unspecified atom stereocenters. The number of aliphatic hydroxyl groups is 1. The minimum absolute atomic E-state index is 0.00217. The smallest absolute Gasteiger partial charge is 0.410 e. The average Bonchev–Trinajstić information content (AvgIpc) is 2.73. The van der Waals surface area contributed by atoms with Crippen molar-refractivity contribution >= 4 is 6.09 Å². The first-order chi connectivity index (χ1) is 14.1. The Morgan fingerprint density at radius 2 is 1.72 bits per heavy atom.